The van der Waals surface area contributed by atoms with Crippen LogP contribution in [0.4, 0.5) is 34.5 Å². The second kappa shape index (κ2) is 14.3. The average molecular weight is 482 g/mol. The summed E-state index contributed by atoms with van der Waals surface area (Å²) in [6, 6.07) is 0. The van der Waals surface area contributed by atoms with Gasteiger partial charge in [-0.1, -0.05) is 0 Å². The highest BCUT2D eigenvalue weighted by Crippen LogP contribution is 2.10. The smallest absolute Gasteiger partial charge is 0.418 e. The van der Waals surface area contributed by atoms with Gasteiger partial charge < -0.3 is 44.0 Å². The Hall–Kier alpha value is -1.93. The Morgan fingerprint density at radius 1 is 1.00 bits per heavy atom. The Labute approximate surface area is 181 Å². The van der Waals surface area contributed by atoms with Gasteiger partial charge in [0.2, 0.25) is 6.33 Å². The van der Waals surface area contributed by atoms with Gasteiger partial charge in [0.05, 0.1) is 39.1 Å². The Kier molecular flexibility index (Phi) is 13.4. The maximum absolute atomic E-state index is 9.75. The number of likely N-dealkylation sites (N-methyl/N-ethyl adjacent to an activating group) is 1. The lowest BCUT2D eigenvalue weighted by Crippen LogP contribution is -2.42. The van der Waals surface area contributed by atoms with Crippen molar-refractivity contribution in [2.24, 2.45) is 4.99 Å². The van der Waals surface area contributed by atoms with E-state index in [1.807, 2.05) is 25.7 Å². The molecule has 2 atom stereocenters. The number of halogens is 8. The fraction of sp³-hybridized carbons (Fsp3) is 0.625. The van der Waals surface area contributed by atoms with Gasteiger partial charge >= 0.3 is 14.5 Å². The zero-order valence-corrected chi connectivity index (χ0v) is 18.1. The Balaban J connectivity index is 0.000000805. The molecule has 2 rings (SSSR count). The van der Waals surface area contributed by atoms with E-state index in [1.54, 1.807) is 0 Å². The largest absolute Gasteiger partial charge is 0.673 e. The molecule has 1 aromatic heterocycles. The molecule has 1 aliphatic rings. The molecular weight excluding hydrogens is 454 g/mol. The Morgan fingerprint density at radius 2 is 1.59 bits per heavy atom. The number of aromatic nitrogens is 2. The fourth-order valence-electron chi connectivity index (χ4n) is 2.37. The molecule has 0 N–H and O–H groups in total. The number of imidazole rings is 1. The third kappa shape index (κ3) is 16.7. The van der Waals surface area contributed by atoms with Crippen molar-refractivity contribution in [3.8, 4) is 0 Å². The normalized spacial score (nSPS) is 18.6. The molecule has 0 saturated carbocycles. The minimum atomic E-state index is -6.00. The quantitative estimate of drug-likeness (QED) is 0.164. The number of ether oxygens (including phenoxy) is 2. The number of hydrogen-bond donors (Lipinski definition) is 0. The van der Waals surface area contributed by atoms with E-state index in [2.05, 4.69) is 46.7 Å². The first-order chi connectivity index (χ1) is 14.7. The minimum absolute atomic E-state index is 0.0269. The van der Waals surface area contributed by atoms with Gasteiger partial charge in [-0.25, -0.2) is 14.1 Å². The molecule has 0 saturated heterocycles. The van der Waals surface area contributed by atoms with E-state index in [0.717, 1.165) is 24.1 Å². The highest BCUT2D eigenvalue weighted by Gasteiger charge is 2.23. The van der Waals surface area contributed by atoms with E-state index in [-0.39, 0.29) is 6.23 Å². The van der Waals surface area contributed by atoms with E-state index >= 15 is 0 Å². The van der Waals surface area contributed by atoms with Gasteiger partial charge in [0.25, 0.3) is 0 Å². The molecule has 32 heavy (non-hydrogen) atoms. The number of quaternary nitrogens is 1. The highest BCUT2D eigenvalue weighted by atomic mass is 19.5. The first kappa shape index (κ1) is 30.1. The molecule has 186 valence electrons. The fourth-order valence-corrected chi connectivity index (χ4v) is 2.37. The average Bonchev–Trinajstić information content (AvgIpc) is 3.31. The molecule has 1 aromatic rings. The second-order valence-corrected chi connectivity index (χ2v) is 6.47. The lowest BCUT2D eigenvalue weighted by atomic mass is 10.3. The van der Waals surface area contributed by atoms with Crippen molar-refractivity contribution in [3.05, 3.63) is 31.1 Å². The molecule has 0 amide bonds. The van der Waals surface area contributed by atoms with Crippen molar-refractivity contribution in [1.82, 2.24) is 4.57 Å². The van der Waals surface area contributed by atoms with Crippen molar-refractivity contribution >= 4 is 20.8 Å². The molecule has 0 radical (unpaired) electrons. The lowest BCUT2D eigenvalue weighted by Gasteiger charge is -2.25. The number of nitrogens with zero attached hydrogens (tertiary/aromatic N) is 4. The molecule has 0 spiro atoms. The Bertz CT molecular complexity index is 662. The molecule has 2 heterocycles. The van der Waals surface area contributed by atoms with Gasteiger partial charge in [-0.3, -0.25) is 4.48 Å². The van der Waals surface area contributed by atoms with Crippen LogP contribution in [0.1, 0.15) is 27.0 Å². The van der Waals surface area contributed by atoms with Gasteiger partial charge in [-0.2, -0.15) is 0 Å². The summed E-state index contributed by atoms with van der Waals surface area (Å²) in [6.07, 6.45) is 12.1. The Morgan fingerprint density at radius 3 is 2.03 bits per heavy atom. The van der Waals surface area contributed by atoms with Gasteiger partial charge in [0.15, 0.2) is 12.6 Å². The van der Waals surface area contributed by atoms with E-state index < -0.39 is 14.5 Å². The van der Waals surface area contributed by atoms with Crippen LogP contribution in [0.3, 0.4) is 0 Å². The lowest BCUT2D eigenvalue weighted by molar-refractivity contribution is -0.778. The number of aliphatic imine (C=N–C) groups is 1. The molecule has 16 heteroatoms. The van der Waals surface area contributed by atoms with Crippen molar-refractivity contribution in [3.63, 3.8) is 0 Å². The van der Waals surface area contributed by atoms with E-state index in [1.165, 1.54) is 0 Å². The van der Waals surface area contributed by atoms with Gasteiger partial charge in [-0.05, 0) is 13.8 Å². The molecule has 0 aromatic carbocycles. The van der Waals surface area contributed by atoms with Gasteiger partial charge in [0.1, 0.15) is 25.1 Å². The SMILES string of the molecule is CC[n+]1ccn(C(C)OCCOCC[N+]2(CC)C=CN=C2)c1.F[B-](F)(F)F.F[B-](F)(F)F. The molecule has 0 bridgehead atoms. The first-order valence-corrected chi connectivity index (χ1v) is 9.78. The maximum atomic E-state index is 9.75. The van der Waals surface area contributed by atoms with Crippen LogP contribution in [-0.2, 0) is 16.0 Å². The highest BCUT2D eigenvalue weighted by molar-refractivity contribution is 6.50. The number of hydrogen-bond acceptors (Lipinski definition) is 3. The summed E-state index contributed by atoms with van der Waals surface area (Å²) in [6.45, 7) is 11.1. The van der Waals surface area contributed by atoms with Gasteiger partial charge in [-0.15, -0.1) is 0 Å². The summed E-state index contributed by atoms with van der Waals surface area (Å²) in [5, 5.41) is 0. The summed E-state index contributed by atoms with van der Waals surface area (Å²) in [5.74, 6) is 0. The van der Waals surface area contributed by atoms with Crippen molar-refractivity contribution in [2.75, 3.05) is 32.9 Å². The summed E-state index contributed by atoms with van der Waals surface area (Å²) >= 11 is 0. The van der Waals surface area contributed by atoms with Crippen LogP contribution in [0.15, 0.2) is 36.1 Å². The van der Waals surface area contributed by atoms with Crippen LogP contribution in [0, 0.1) is 0 Å². The van der Waals surface area contributed by atoms with E-state index in [0.29, 0.717) is 19.8 Å². The van der Waals surface area contributed by atoms with Crippen LogP contribution < -0.4 is 4.57 Å². The standard InChI is InChI=1S/C16H28N4O2.2BF4/c1-4-18-7-8-19(15-18)16(3)22-13-12-21-11-10-20(5-2)9-6-17-14-20;2*2-1(3,4)5/h6-9,14-16H,4-5,10-13H2,1-3H3;;/q+2;2*-1. The number of aryl methyl sites for hydroxylation is 1. The molecule has 0 aliphatic carbocycles. The third-order valence-corrected chi connectivity index (χ3v) is 4.07. The van der Waals surface area contributed by atoms with Crippen LogP contribution >= 0.6 is 0 Å². The molecule has 0 fully saturated rings. The zero-order chi connectivity index (χ0) is 24.8. The summed E-state index contributed by atoms with van der Waals surface area (Å²) < 4.78 is 94.4. The van der Waals surface area contributed by atoms with E-state index in [9.17, 15) is 34.5 Å². The summed E-state index contributed by atoms with van der Waals surface area (Å²) in [7, 11) is -12.0. The number of rotatable bonds is 10. The molecule has 6 nitrogen and oxygen atoms in total. The first-order valence-electron chi connectivity index (χ1n) is 9.78. The molecule has 1 aliphatic heterocycles. The van der Waals surface area contributed by atoms with Gasteiger partial charge in [0, 0.05) is 6.92 Å². The van der Waals surface area contributed by atoms with E-state index in [4.69, 9.17) is 9.47 Å². The zero-order valence-electron chi connectivity index (χ0n) is 18.1. The van der Waals surface area contributed by atoms with Crippen molar-refractivity contribution in [1.29, 1.82) is 0 Å². The van der Waals surface area contributed by atoms with Crippen LogP contribution in [-0.4, -0.2) is 62.8 Å². The second-order valence-electron chi connectivity index (χ2n) is 6.47. The molecular formula is C16H28B2F8N4O2. The van der Waals surface area contributed by atoms with Crippen LogP contribution in [0.5, 0.6) is 0 Å². The predicted molar refractivity (Wildman–Crippen MR) is 105 cm³/mol. The van der Waals surface area contributed by atoms with Crippen LogP contribution in [0.2, 0.25) is 0 Å². The van der Waals surface area contributed by atoms with Crippen LogP contribution in [0.25, 0.3) is 0 Å². The maximum Gasteiger partial charge on any atom is 0.673 e. The minimum Gasteiger partial charge on any atom is -0.418 e. The predicted octanol–water partition coefficient (Wildman–Crippen LogP) is 4.30. The van der Waals surface area contributed by atoms with Crippen molar-refractivity contribution < 1.29 is 53.0 Å². The third-order valence-electron chi connectivity index (χ3n) is 4.07. The summed E-state index contributed by atoms with van der Waals surface area (Å²) in [4.78, 5) is 4.17. The molecule has 2 unspecified atom stereocenters. The van der Waals surface area contributed by atoms with Crippen molar-refractivity contribution in [2.45, 2.75) is 33.5 Å². The monoisotopic (exact) mass is 482 g/mol. The summed E-state index contributed by atoms with van der Waals surface area (Å²) in [5.41, 5.74) is 0. The topological polar surface area (TPSA) is 39.6 Å².